The quantitative estimate of drug-likeness (QED) is 0.838. The van der Waals surface area contributed by atoms with Crippen LogP contribution in [-0.4, -0.2) is 15.9 Å². The smallest absolute Gasteiger partial charge is 0.256 e. The molecule has 0 aliphatic rings. The fourth-order valence-corrected chi connectivity index (χ4v) is 1.43. The summed E-state index contributed by atoms with van der Waals surface area (Å²) >= 11 is 5.68. The van der Waals surface area contributed by atoms with Gasteiger partial charge in [0.1, 0.15) is 17.3 Å². The molecule has 1 aromatic heterocycles. The van der Waals surface area contributed by atoms with E-state index in [9.17, 15) is 4.79 Å². The van der Waals surface area contributed by atoms with Crippen molar-refractivity contribution >= 4 is 23.3 Å². The lowest BCUT2D eigenvalue weighted by molar-refractivity contribution is 0.102. The van der Waals surface area contributed by atoms with E-state index in [2.05, 4.69) is 15.3 Å². The Morgan fingerprint density at radius 1 is 1.28 bits per heavy atom. The molecule has 6 heteroatoms. The molecule has 0 saturated carbocycles. The van der Waals surface area contributed by atoms with E-state index in [4.69, 9.17) is 16.9 Å². The van der Waals surface area contributed by atoms with Gasteiger partial charge in [0, 0.05) is 11.6 Å². The number of rotatable bonds is 2. The van der Waals surface area contributed by atoms with E-state index in [1.165, 1.54) is 12.4 Å². The van der Waals surface area contributed by atoms with Crippen LogP contribution >= 0.6 is 11.6 Å². The van der Waals surface area contributed by atoms with Gasteiger partial charge < -0.3 is 5.32 Å². The fourth-order valence-electron chi connectivity index (χ4n) is 1.29. The van der Waals surface area contributed by atoms with E-state index in [-0.39, 0.29) is 11.1 Å². The van der Waals surface area contributed by atoms with Crippen molar-refractivity contribution < 1.29 is 4.79 Å². The van der Waals surface area contributed by atoms with E-state index < -0.39 is 0 Å². The van der Waals surface area contributed by atoms with Crippen molar-refractivity contribution in [1.29, 1.82) is 5.26 Å². The first kappa shape index (κ1) is 12.0. The van der Waals surface area contributed by atoms with Crippen molar-refractivity contribution in [2.45, 2.75) is 0 Å². The van der Waals surface area contributed by atoms with Gasteiger partial charge in [-0.2, -0.15) is 5.26 Å². The minimum Gasteiger partial charge on any atom is -0.306 e. The summed E-state index contributed by atoms with van der Waals surface area (Å²) in [6, 6.07) is 9.70. The standard InChI is InChI=1S/C12H7ClN4O/c13-10-5-11(16-7-15-10)17-12(18)9-3-1-8(6-14)2-4-9/h1-5,7H,(H,15,16,17,18). The van der Waals surface area contributed by atoms with Gasteiger partial charge in [0.2, 0.25) is 0 Å². The summed E-state index contributed by atoms with van der Waals surface area (Å²) in [6.45, 7) is 0. The second kappa shape index (κ2) is 5.25. The molecule has 1 heterocycles. The molecule has 88 valence electrons. The second-order valence-corrected chi connectivity index (χ2v) is 3.76. The molecule has 0 atom stereocenters. The third kappa shape index (κ3) is 2.81. The first-order valence-corrected chi connectivity index (χ1v) is 5.36. The summed E-state index contributed by atoms with van der Waals surface area (Å²) < 4.78 is 0. The monoisotopic (exact) mass is 258 g/mol. The normalized spacial score (nSPS) is 9.56. The molecule has 0 aliphatic carbocycles. The third-order valence-corrected chi connectivity index (χ3v) is 2.36. The van der Waals surface area contributed by atoms with Gasteiger partial charge in [-0.15, -0.1) is 0 Å². The van der Waals surface area contributed by atoms with Gasteiger partial charge >= 0.3 is 0 Å². The molecule has 0 radical (unpaired) electrons. The van der Waals surface area contributed by atoms with E-state index in [1.807, 2.05) is 6.07 Å². The molecule has 1 N–H and O–H groups in total. The number of hydrogen-bond acceptors (Lipinski definition) is 4. The van der Waals surface area contributed by atoms with Gasteiger partial charge in [-0.3, -0.25) is 4.79 Å². The molecule has 0 aliphatic heterocycles. The average molecular weight is 259 g/mol. The molecule has 5 nitrogen and oxygen atoms in total. The van der Waals surface area contributed by atoms with Crippen molar-refractivity contribution in [2.24, 2.45) is 0 Å². The van der Waals surface area contributed by atoms with E-state index >= 15 is 0 Å². The molecule has 0 unspecified atom stereocenters. The summed E-state index contributed by atoms with van der Waals surface area (Å²) in [5.41, 5.74) is 0.931. The number of halogens is 1. The lowest BCUT2D eigenvalue weighted by atomic mass is 10.1. The fraction of sp³-hybridized carbons (Fsp3) is 0. The molecule has 1 aromatic carbocycles. The highest BCUT2D eigenvalue weighted by molar-refractivity contribution is 6.29. The highest BCUT2D eigenvalue weighted by Gasteiger charge is 2.07. The summed E-state index contributed by atoms with van der Waals surface area (Å²) in [4.78, 5) is 19.4. The lowest BCUT2D eigenvalue weighted by Gasteiger charge is -2.04. The molecule has 2 rings (SSSR count). The highest BCUT2D eigenvalue weighted by Crippen LogP contribution is 2.11. The number of nitriles is 1. The Hall–Kier alpha value is -2.45. The zero-order valence-electron chi connectivity index (χ0n) is 9.09. The Labute approximate surface area is 108 Å². The number of carbonyl (C=O) groups excluding carboxylic acids is 1. The van der Waals surface area contributed by atoms with Crippen LogP contribution in [-0.2, 0) is 0 Å². The lowest BCUT2D eigenvalue weighted by Crippen LogP contribution is -2.12. The van der Waals surface area contributed by atoms with Gasteiger partial charge in [0.15, 0.2) is 0 Å². The Kier molecular flexibility index (Phi) is 3.51. The highest BCUT2D eigenvalue weighted by atomic mass is 35.5. The van der Waals surface area contributed by atoms with Gasteiger partial charge in [-0.25, -0.2) is 9.97 Å². The molecule has 0 spiro atoms. The van der Waals surface area contributed by atoms with E-state index in [0.717, 1.165) is 0 Å². The predicted molar refractivity (Wildman–Crippen MR) is 66.2 cm³/mol. The average Bonchev–Trinajstić information content (AvgIpc) is 2.39. The molecular formula is C12H7ClN4O. The topological polar surface area (TPSA) is 78.7 Å². The molecule has 2 aromatic rings. The van der Waals surface area contributed by atoms with Crippen molar-refractivity contribution in [2.75, 3.05) is 5.32 Å². The number of nitrogens with zero attached hydrogens (tertiary/aromatic N) is 3. The molecular weight excluding hydrogens is 252 g/mol. The summed E-state index contributed by atoms with van der Waals surface area (Å²) in [7, 11) is 0. The van der Waals surface area contributed by atoms with Crippen molar-refractivity contribution in [3.05, 3.63) is 52.9 Å². The van der Waals surface area contributed by atoms with Crippen molar-refractivity contribution in [3.8, 4) is 6.07 Å². The molecule has 18 heavy (non-hydrogen) atoms. The van der Waals surface area contributed by atoms with Crippen LogP contribution in [0.2, 0.25) is 5.15 Å². The number of nitrogens with one attached hydrogen (secondary N) is 1. The summed E-state index contributed by atoms with van der Waals surface area (Å²) in [6.07, 6.45) is 1.26. The number of aromatic nitrogens is 2. The maximum atomic E-state index is 11.8. The number of benzene rings is 1. The van der Waals surface area contributed by atoms with Crippen LogP contribution in [0.3, 0.4) is 0 Å². The van der Waals surface area contributed by atoms with Crippen LogP contribution in [0.15, 0.2) is 36.7 Å². The maximum absolute atomic E-state index is 11.8. The predicted octanol–water partition coefficient (Wildman–Crippen LogP) is 2.25. The molecule has 0 bridgehead atoms. The van der Waals surface area contributed by atoms with E-state index in [1.54, 1.807) is 24.3 Å². The van der Waals surface area contributed by atoms with Crippen LogP contribution in [0.1, 0.15) is 15.9 Å². The zero-order chi connectivity index (χ0) is 13.0. The Morgan fingerprint density at radius 2 is 2.00 bits per heavy atom. The van der Waals surface area contributed by atoms with Crippen molar-refractivity contribution in [3.63, 3.8) is 0 Å². The summed E-state index contributed by atoms with van der Waals surface area (Å²) in [5.74, 6) is -0.00128. The minimum absolute atomic E-state index is 0.250. The van der Waals surface area contributed by atoms with Crippen LogP contribution in [0.5, 0.6) is 0 Å². The molecule has 0 saturated heterocycles. The number of carbonyl (C=O) groups is 1. The van der Waals surface area contributed by atoms with Gasteiger partial charge in [0.25, 0.3) is 5.91 Å². The Bertz CT molecular complexity index is 619. The van der Waals surface area contributed by atoms with Crippen LogP contribution in [0.25, 0.3) is 0 Å². The largest absolute Gasteiger partial charge is 0.306 e. The van der Waals surface area contributed by atoms with Crippen LogP contribution in [0.4, 0.5) is 5.82 Å². The minimum atomic E-state index is -0.325. The zero-order valence-corrected chi connectivity index (χ0v) is 9.85. The number of amides is 1. The van der Waals surface area contributed by atoms with Crippen LogP contribution < -0.4 is 5.32 Å². The first-order chi connectivity index (χ1) is 8.69. The van der Waals surface area contributed by atoms with E-state index in [0.29, 0.717) is 16.9 Å². The Morgan fingerprint density at radius 3 is 2.61 bits per heavy atom. The number of hydrogen-bond donors (Lipinski definition) is 1. The maximum Gasteiger partial charge on any atom is 0.256 e. The molecule has 0 fully saturated rings. The van der Waals surface area contributed by atoms with Gasteiger partial charge in [-0.05, 0) is 24.3 Å². The summed E-state index contributed by atoms with van der Waals surface area (Å²) in [5, 5.41) is 11.5. The third-order valence-electron chi connectivity index (χ3n) is 2.15. The number of anilines is 1. The first-order valence-electron chi connectivity index (χ1n) is 4.98. The van der Waals surface area contributed by atoms with Crippen molar-refractivity contribution in [1.82, 2.24) is 9.97 Å². The van der Waals surface area contributed by atoms with Gasteiger partial charge in [-0.1, -0.05) is 11.6 Å². The van der Waals surface area contributed by atoms with Crippen LogP contribution in [0, 0.1) is 11.3 Å². The SMILES string of the molecule is N#Cc1ccc(C(=O)Nc2cc(Cl)ncn2)cc1. The second-order valence-electron chi connectivity index (χ2n) is 3.37. The van der Waals surface area contributed by atoms with Gasteiger partial charge in [0.05, 0.1) is 11.6 Å². The molecule has 1 amide bonds. The Balaban J connectivity index is 2.14.